The van der Waals surface area contributed by atoms with Gasteiger partial charge in [0.05, 0.1) is 12.2 Å². The van der Waals surface area contributed by atoms with Gasteiger partial charge in [-0.2, -0.15) is 0 Å². The molecule has 3 amide bonds. The van der Waals surface area contributed by atoms with E-state index in [9.17, 15) is 14.4 Å². The Morgan fingerprint density at radius 3 is 2.66 bits per heavy atom. The molecule has 1 aliphatic rings. The molecule has 152 valence electrons. The van der Waals surface area contributed by atoms with E-state index in [-0.39, 0.29) is 11.8 Å². The Balaban J connectivity index is 1.79. The zero-order valence-electron chi connectivity index (χ0n) is 16.6. The molecule has 0 radical (unpaired) electrons. The van der Waals surface area contributed by atoms with Crippen molar-refractivity contribution >= 4 is 23.4 Å². The Bertz CT molecular complexity index is 941. The quantitative estimate of drug-likeness (QED) is 0.785. The van der Waals surface area contributed by atoms with Gasteiger partial charge in [-0.3, -0.25) is 14.4 Å². The molecule has 0 aliphatic carbocycles. The average molecular weight is 395 g/mol. The van der Waals surface area contributed by atoms with E-state index >= 15 is 0 Å². The molecule has 7 nitrogen and oxygen atoms in total. The number of nitrogens with two attached hydrogens (primary N) is 1. The van der Waals surface area contributed by atoms with Gasteiger partial charge >= 0.3 is 0 Å². The summed E-state index contributed by atoms with van der Waals surface area (Å²) in [4.78, 5) is 39.1. The molecule has 1 aliphatic heterocycles. The number of primary amides is 1. The largest absolute Gasteiger partial charge is 0.493 e. The molecule has 1 fully saturated rings. The maximum atomic E-state index is 13.1. The first-order chi connectivity index (χ1) is 13.9. The van der Waals surface area contributed by atoms with Crippen molar-refractivity contribution in [2.75, 3.05) is 18.5 Å². The number of anilines is 1. The standard InChI is InChI=1S/C22H25N3O4/c1-3-29-19-9-5-4-7-16(19)22(28)25-12-6-8-18(25)21(27)24-15-11-10-14(2)17(13-15)20(23)26/h4-5,7,9-11,13,18H,3,6,8,12H2,1-2H3,(H2,23,26)(H,24,27). The fourth-order valence-corrected chi connectivity index (χ4v) is 3.55. The third-order valence-electron chi connectivity index (χ3n) is 5.00. The monoisotopic (exact) mass is 395 g/mol. The molecule has 3 N–H and O–H groups in total. The molecule has 0 aromatic heterocycles. The van der Waals surface area contributed by atoms with Crippen LogP contribution in [0.5, 0.6) is 5.75 Å². The van der Waals surface area contributed by atoms with Crippen LogP contribution in [-0.4, -0.2) is 41.8 Å². The van der Waals surface area contributed by atoms with Crippen LogP contribution >= 0.6 is 0 Å². The Hall–Kier alpha value is -3.35. The number of rotatable bonds is 6. The fraction of sp³-hybridized carbons (Fsp3) is 0.318. The normalized spacial score (nSPS) is 15.8. The highest BCUT2D eigenvalue weighted by molar-refractivity contribution is 6.03. The highest BCUT2D eigenvalue weighted by Crippen LogP contribution is 2.26. The van der Waals surface area contributed by atoms with E-state index in [1.165, 1.54) is 0 Å². The lowest BCUT2D eigenvalue weighted by atomic mass is 10.1. The molecule has 0 saturated carbocycles. The molecular weight excluding hydrogens is 370 g/mol. The Morgan fingerprint density at radius 2 is 1.93 bits per heavy atom. The molecule has 3 rings (SSSR count). The Labute approximate surface area is 169 Å². The van der Waals surface area contributed by atoms with Crippen molar-refractivity contribution in [3.05, 3.63) is 59.2 Å². The first-order valence-electron chi connectivity index (χ1n) is 9.66. The summed E-state index contributed by atoms with van der Waals surface area (Å²) in [7, 11) is 0. The molecule has 2 aromatic carbocycles. The summed E-state index contributed by atoms with van der Waals surface area (Å²) in [6.07, 6.45) is 1.31. The number of benzene rings is 2. The Kier molecular flexibility index (Phi) is 6.16. The second kappa shape index (κ2) is 8.77. The number of ether oxygens (including phenoxy) is 1. The summed E-state index contributed by atoms with van der Waals surface area (Å²) in [5.74, 6) is -0.558. The lowest BCUT2D eigenvalue weighted by Crippen LogP contribution is -2.43. The smallest absolute Gasteiger partial charge is 0.258 e. The number of aryl methyl sites for hydroxylation is 1. The maximum Gasteiger partial charge on any atom is 0.258 e. The van der Waals surface area contributed by atoms with Crippen LogP contribution in [0.1, 0.15) is 46.0 Å². The van der Waals surface area contributed by atoms with Crippen molar-refractivity contribution in [3.63, 3.8) is 0 Å². The van der Waals surface area contributed by atoms with Crippen molar-refractivity contribution in [1.29, 1.82) is 0 Å². The molecule has 1 heterocycles. The van der Waals surface area contributed by atoms with Crippen LogP contribution in [0.3, 0.4) is 0 Å². The minimum Gasteiger partial charge on any atom is -0.493 e. The summed E-state index contributed by atoms with van der Waals surface area (Å²) in [5.41, 5.74) is 7.40. The van der Waals surface area contributed by atoms with Gasteiger partial charge < -0.3 is 20.7 Å². The lowest BCUT2D eigenvalue weighted by Gasteiger charge is -2.25. The molecule has 7 heteroatoms. The number of para-hydroxylation sites is 1. The van der Waals surface area contributed by atoms with Crippen LogP contribution in [0, 0.1) is 6.92 Å². The number of nitrogens with one attached hydrogen (secondary N) is 1. The van der Waals surface area contributed by atoms with Gasteiger partial charge in [0.1, 0.15) is 11.8 Å². The van der Waals surface area contributed by atoms with Crippen LogP contribution in [0.15, 0.2) is 42.5 Å². The van der Waals surface area contributed by atoms with Gasteiger partial charge in [-0.25, -0.2) is 0 Å². The second-order valence-electron chi connectivity index (χ2n) is 6.97. The minimum absolute atomic E-state index is 0.228. The second-order valence-corrected chi connectivity index (χ2v) is 6.97. The molecule has 29 heavy (non-hydrogen) atoms. The van der Waals surface area contributed by atoms with Crippen molar-refractivity contribution in [2.24, 2.45) is 5.73 Å². The van der Waals surface area contributed by atoms with Crippen LogP contribution in [0.25, 0.3) is 0 Å². The summed E-state index contributed by atoms with van der Waals surface area (Å²) < 4.78 is 5.56. The number of hydrogen-bond acceptors (Lipinski definition) is 4. The van der Waals surface area contributed by atoms with E-state index in [1.54, 1.807) is 48.2 Å². The van der Waals surface area contributed by atoms with Crippen molar-refractivity contribution in [3.8, 4) is 5.75 Å². The fourth-order valence-electron chi connectivity index (χ4n) is 3.55. The van der Waals surface area contributed by atoms with E-state index < -0.39 is 11.9 Å². The first-order valence-corrected chi connectivity index (χ1v) is 9.66. The zero-order chi connectivity index (χ0) is 21.0. The number of amides is 3. The zero-order valence-corrected chi connectivity index (χ0v) is 16.6. The molecule has 1 saturated heterocycles. The average Bonchev–Trinajstić information content (AvgIpc) is 3.19. The van der Waals surface area contributed by atoms with E-state index in [2.05, 4.69) is 5.32 Å². The van der Waals surface area contributed by atoms with Gasteiger partial charge in [0.2, 0.25) is 11.8 Å². The highest BCUT2D eigenvalue weighted by atomic mass is 16.5. The minimum atomic E-state index is -0.587. The SMILES string of the molecule is CCOc1ccccc1C(=O)N1CCCC1C(=O)Nc1ccc(C)c(C(N)=O)c1. The molecular formula is C22H25N3O4. The number of likely N-dealkylation sites (tertiary alicyclic amines) is 1. The number of hydrogen-bond donors (Lipinski definition) is 2. The summed E-state index contributed by atoms with van der Waals surface area (Å²) in [5, 5.41) is 2.81. The van der Waals surface area contributed by atoms with E-state index in [0.29, 0.717) is 42.1 Å². The van der Waals surface area contributed by atoms with Gasteiger partial charge in [0, 0.05) is 17.8 Å². The predicted molar refractivity (Wildman–Crippen MR) is 110 cm³/mol. The Morgan fingerprint density at radius 1 is 1.17 bits per heavy atom. The van der Waals surface area contributed by atoms with E-state index in [0.717, 1.165) is 12.0 Å². The summed E-state index contributed by atoms with van der Waals surface area (Å²) in [6.45, 7) is 4.58. The highest BCUT2D eigenvalue weighted by Gasteiger charge is 2.35. The van der Waals surface area contributed by atoms with E-state index in [1.807, 2.05) is 13.0 Å². The van der Waals surface area contributed by atoms with Gasteiger partial charge in [-0.1, -0.05) is 18.2 Å². The third kappa shape index (κ3) is 4.39. The molecule has 0 bridgehead atoms. The van der Waals surface area contributed by atoms with Gasteiger partial charge in [0.25, 0.3) is 5.91 Å². The van der Waals surface area contributed by atoms with Gasteiger partial charge in [-0.15, -0.1) is 0 Å². The number of carbonyl (C=O) groups is 3. The number of nitrogens with zero attached hydrogens (tertiary/aromatic N) is 1. The first kappa shape index (κ1) is 20.4. The maximum absolute atomic E-state index is 13.1. The van der Waals surface area contributed by atoms with Crippen molar-refractivity contribution < 1.29 is 19.1 Å². The lowest BCUT2D eigenvalue weighted by molar-refractivity contribution is -0.119. The van der Waals surface area contributed by atoms with Gasteiger partial charge in [-0.05, 0) is 56.5 Å². The van der Waals surface area contributed by atoms with Crippen molar-refractivity contribution in [1.82, 2.24) is 4.90 Å². The summed E-state index contributed by atoms with van der Waals surface area (Å²) in [6, 6.07) is 11.5. The van der Waals surface area contributed by atoms with Crippen molar-refractivity contribution in [2.45, 2.75) is 32.7 Å². The molecule has 2 aromatic rings. The predicted octanol–water partition coefficient (Wildman–Crippen LogP) is 2.74. The molecule has 0 spiro atoms. The number of carbonyl (C=O) groups excluding carboxylic acids is 3. The summed E-state index contributed by atoms with van der Waals surface area (Å²) >= 11 is 0. The van der Waals surface area contributed by atoms with Crippen LogP contribution < -0.4 is 15.8 Å². The third-order valence-corrected chi connectivity index (χ3v) is 5.00. The van der Waals surface area contributed by atoms with Crippen LogP contribution in [0.4, 0.5) is 5.69 Å². The van der Waals surface area contributed by atoms with Gasteiger partial charge in [0.15, 0.2) is 0 Å². The molecule has 1 unspecified atom stereocenters. The van der Waals surface area contributed by atoms with Crippen LogP contribution in [0.2, 0.25) is 0 Å². The van der Waals surface area contributed by atoms with E-state index in [4.69, 9.17) is 10.5 Å². The topological polar surface area (TPSA) is 102 Å². The van der Waals surface area contributed by atoms with Crippen LogP contribution in [-0.2, 0) is 4.79 Å². The molecule has 1 atom stereocenters.